The van der Waals surface area contributed by atoms with Crippen molar-refractivity contribution in [3.63, 3.8) is 0 Å². The van der Waals surface area contributed by atoms with Crippen molar-refractivity contribution < 1.29 is 9.90 Å². The summed E-state index contributed by atoms with van der Waals surface area (Å²) in [5.74, 6) is -0.909. The lowest BCUT2D eigenvalue weighted by Gasteiger charge is -2.08. The minimum atomic E-state index is -0.909. The van der Waals surface area contributed by atoms with Gasteiger partial charge in [0.2, 0.25) is 0 Å². The van der Waals surface area contributed by atoms with Gasteiger partial charge in [0.15, 0.2) is 0 Å². The van der Waals surface area contributed by atoms with E-state index < -0.39 is 5.97 Å². The fourth-order valence-electron chi connectivity index (χ4n) is 2.30. The van der Waals surface area contributed by atoms with E-state index in [0.717, 1.165) is 22.2 Å². The normalized spacial score (nSPS) is 10.8. The van der Waals surface area contributed by atoms with Crippen LogP contribution >= 0.6 is 0 Å². The van der Waals surface area contributed by atoms with E-state index in [2.05, 4.69) is 4.98 Å². The zero-order chi connectivity index (χ0) is 14.1. The maximum absolute atomic E-state index is 11.1. The van der Waals surface area contributed by atoms with Crippen LogP contribution in [0.4, 0.5) is 0 Å². The second-order valence-corrected chi connectivity index (χ2v) is 4.79. The number of nitrogens with zero attached hydrogens (tertiary/aromatic N) is 2. The average Bonchev–Trinajstić information content (AvgIpc) is 2.84. The Morgan fingerprint density at radius 3 is 2.90 bits per heavy atom. The van der Waals surface area contributed by atoms with E-state index in [0.29, 0.717) is 12.1 Å². The zero-order valence-corrected chi connectivity index (χ0v) is 11.1. The molecule has 1 N–H and O–H groups in total. The predicted molar refractivity (Wildman–Crippen MR) is 77.0 cm³/mol. The van der Waals surface area contributed by atoms with Crippen LogP contribution in [0.1, 0.15) is 21.6 Å². The molecule has 20 heavy (non-hydrogen) atoms. The predicted octanol–water partition coefficient (Wildman–Crippen LogP) is 3.09. The van der Waals surface area contributed by atoms with Crippen molar-refractivity contribution in [1.29, 1.82) is 0 Å². The Balaban J connectivity index is 2.06. The molecule has 0 saturated heterocycles. The van der Waals surface area contributed by atoms with Gasteiger partial charge in [-0.3, -0.25) is 4.98 Å². The molecule has 0 bridgehead atoms. The second-order valence-electron chi connectivity index (χ2n) is 4.79. The van der Waals surface area contributed by atoms with Gasteiger partial charge in [0.25, 0.3) is 0 Å². The van der Waals surface area contributed by atoms with E-state index in [1.54, 1.807) is 18.3 Å². The molecule has 0 aliphatic rings. The molecule has 0 radical (unpaired) electrons. The number of hydrogen-bond acceptors (Lipinski definition) is 2. The smallest absolute Gasteiger partial charge is 0.335 e. The molecule has 100 valence electrons. The molecule has 3 rings (SSSR count). The SMILES string of the molecule is Cc1cccnc1Cn1ccc2ccc(C(=O)O)cc21. The number of benzene rings is 1. The Kier molecular flexibility index (Phi) is 2.99. The van der Waals surface area contributed by atoms with Gasteiger partial charge in [0.1, 0.15) is 0 Å². The summed E-state index contributed by atoms with van der Waals surface area (Å²) in [5, 5.41) is 10.1. The van der Waals surface area contributed by atoms with E-state index in [4.69, 9.17) is 5.11 Å². The summed E-state index contributed by atoms with van der Waals surface area (Å²) in [4.78, 5) is 15.4. The summed E-state index contributed by atoms with van der Waals surface area (Å²) in [6.07, 6.45) is 3.74. The van der Waals surface area contributed by atoms with Gasteiger partial charge in [-0.05, 0) is 42.1 Å². The molecule has 0 saturated carbocycles. The molecule has 3 aromatic rings. The number of pyridine rings is 1. The monoisotopic (exact) mass is 266 g/mol. The third-order valence-electron chi connectivity index (χ3n) is 3.46. The lowest BCUT2D eigenvalue weighted by Crippen LogP contribution is -2.03. The molecule has 0 aliphatic carbocycles. The quantitative estimate of drug-likeness (QED) is 0.792. The molecule has 0 atom stereocenters. The Morgan fingerprint density at radius 2 is 2.15 bits per heavy atom. The van der Waals surface area contributed by atoms with Gasteiger partial charge in [-0.2, -0.15) is 0 Å². The van der Waals surface area contributed by atoms with E-state index >= 15 is 0 Å². The fraction of sp³-hybridized carbons (Fsp3) is 0.125. The van der Waals surface area contributed by atoms with Gasteiger partial charge < -0.3 is 9.67 Å². The fourth-order valence-corrected chi connectivity index (χ4v) is 2.30. The van der Waals surface area contributed by atoms with Crippen LogP contribution in [0.5, 0.6) is 0 Å². The number of fused-ring (bicyclic) bond motifs is 1. The molecular formula is C16H14N2O2. The van der Waals surface area contributed by atoms with E-state index in [9.17, 15) is 4.79 Å². The van der Waals surface area contributed by atoms with E-state index in [-0.39, 0.29) is 0 Å². The molecule has 0 aliphatic heterocycles. The van der Waals surface area contributed by atoms with Crippen LogP contribution in [0.15, 0.2) is 48.8 Å². The number of carbonyl (C=O) groups is 1. The number of carboxylic acid groups (broad SMARTS) is 1. The van der Waals surface area contributed by atoms with Gasteiger partial charge >= 0.3 is 5.97 Å². The van der Waals surface area contributed by atoms with Crippen LogP contribution in [0.2, 0.25) is 0 Å². The minimum Gasteiger partial charge on any atom is -0.478 e. The van der Waals surface area contributed by atoms with Crippen LogP contribution in [0.3, 0.4) is 0 Å². The topological polar surface area (TPSA) is 55.1 Å². The number of aromatic nitrogens is 2. The largest absolute Gasteiger partial charge is 0.478 e. The molecule has 0 amide bonds. The molecule has 1 aromatic carbocycles. The summed E-state index contributed by atoms with van der Waals surface area (Å²) in [5.41, 5.74) is 3.33. The highest BCUT2D eigenvalue weighted by Crippen LogP contribution is 2.19. The number of carboxylic acids is 1. The maximum Gasteiger partial charge on any atom is 0.335 e. The highest BCUT2D eigenvalue weighted by Gasteiger charge is 2.08. The highest BCUT2D eigenvalue weighted by molar-refractivity contribution is 5.93. The number of aryl methyl sites for hydroxylation is 1. The molecule has 0 spiro atoms. The Hall–Kier alpha value is -2.62. The van der Waals surface area contributed by atoms with Crippen molar-refractivity contribution in [2.24, 2.45) is 0 Å². The van der Waals surface area contributed by atoms with Crippen LogP contribution in [0, 0.1) is 6.92 Å². The van der Waals surface area contributed by atoms with Gasteiger partial charge in [-0.15, -0.1) is 0 Å². The molecular weight excluding hydrogens is 252 g/mol. The van der Waals surface area contributed by atoms with Crippen molar-refractivity contribution in [1.82, 2.24) is 9.55 Å². The van der Waals surface area contributed by atoms with Crippen LogP contribution in [-0.2, 0) is 6.54 Å². The third kappa shape index (κ3) is 2.16. The molecule has 0 unspecified atom stereocenters. The van der Waals surface area contributed by atoms with Crippen LogP contribution in [-0.4, -0.2) is 20.6 Å². The number of hydrogen-bond donors (Lipinski definition) is 1. The van der Waals surface area contributed by atoms with Crippen molar-refractivity contribution in [2.45, 2.75) is 13.5 Å². The summed E-state index contributed by atoms with van der Waals surface area (Å²) in [6.45, 7) is 2.66. The Bertz CT molecular complexity index is 790. The molecule has 4 heteroatoms. The summed E-state index contributed by atoms with van der Waals surface area (Å²) in [7, 11) is 0. The summed E-state index contributed by atoms with van der Waals surface area (Å²) in [6, 6.07) is 11.1. The first-order chi connectivity index (χ1) is 9.65. The van der Waals surface area contributed by atoms with Crippen LogP contribution in [0.25, 0.3) is 10.9 Å². The highest BCUT2D eigenvalue weighted by atomic mass is 16.4. The molecule has 2 aromatic heterocycles. The van der Waals surface area contributed by atoms with E-state index in [1.165, 1.54) is 0 Å². The third-order valence-corrected chi connectivity index (χ3v) is 3.46. The molecule has 2 heterocycles. The van der Waals surface area contributed by atoms with Gasteiger partial charge in [0.05, 0.1) is 17.8 Å². The van der Waals surface area contributed by atoms with Crippen molar-refractivity contribution in [3.8, 4) is 0 Å². The first-order valence-electron chi connectivity index (χ1n) is 6.38. The Labute approximate surface area is 116 Å². The second kappa shape index (κ2) is 4.81. The average molecular weight is 266 g/mol. The van der Waals surface area contributed by atoms with E-state index in [1.807, 2.05) is 42.0 Å². The Morgan fingerprint density at radius 1 is 1.30 bits per heavy atom. The van der Waals surface area contributed by atoms with Crippen molar-refractivity contribution in [3.05, 3.63) is 65.6 Å². The number of rotatable bonds is 3. The van der Waals surface area contributed by atoms with Crippen molar-refractivity contribution >= 4 is 16.9 Å². The lowest BCUT2D eigenvalue weighted by molar-refractivity contribution is 0.0697. The number of aromatic carboxylic acids is 1. The molecule has 4 nitrogen and oxygen atoms in total. The maximum atomic E-state index is 11.1. The van der Waals surface area contributed by atoms with Gasteiger partial charge in [-0.25, -0.2) is 4.79 Å². The molecule has 0 fully saturated rings. The van der Waals surface area contributed by atoms with Gasteiger partial charge in [0, 0.05) is 17.9 Å². The zero-order valence-electron chi connectivity index (χ0n) is 11.1. The first kappa shape index (κ1) is 12.4. The van der Waals surface area contributed by atoms with Gasteiger partial charge in [-0.1, -0.05) is 12.1 Å². The van der Waals surface area contributed by atoms with Crippen molar-refractivity contribution in [2.75, 3.05) is 0 Å². The lowest BCUT2D eigenvalue weighted by atomic mass is 10.1. The minimum absolute atomic E-state index is 0.301. The van der Waals surface area contributed by atoms with Crippen LogP contribution < -0.4 is 0 Å². The first-order valence-corrected chi connectivity index (χ1v) is 6.38. The summed E-state index contributed by atoms with van der Waals surface area (Å²) >= 11 is 0. The summed E-state index contributed by atoms with van der Waals surface area (Å²) < 4.78 is 2.02. The standard InChI is InChI=1S/C16H14N2O2/c1-11-3-2-7-17-14(11)10-18-8-6-12-4-5-13(16(19)20)9-15(12)18/h2-9H,10H2,1H3,(H,19,20).